The third kappa shape index (κ3) is 4.28. The number of hydrogen-bond acceptors (Lipinski definition) is 4. The SMILES string of the molecule is CS(=O)(=O)Cc1ccc(C(=O)N2CCCCC2CO)cc1. The van der Waals surface area contributed by atoms with Crippen molar-refractivity contribution in [1.82, 2.24) is 4.90 Å². The smallest absolute Gasteiger partial charge is 0.254 e. The van der Waals surface area contributed by atoms with Crippen LogP contribution in [0.1, 0.15) is 35.2 Å². The summed E-state index contributed by atoms with van der Waals surface area (Å²) >= 11 is 0. The Morgan fingerprint density at radius 1 is 1.29 bits per heavy atom. The van der Waals surface area contributed by atoms with Gasteiger partial charge in [-0.1, -0.05) is 12.1 Å². The number of aliphatic hydroxyl groups excluding tert-OH is 1. The molecule has 0 aromatic heterocycles. The van der Waals surface area contributed by atoms with E-state index in [1.807, 2.05) is 0 Å². The molecule has 1 aliphatic heterocycles. The van der Waals surface area contributed by atoms with Gasteiger partial charge in [0.1, 0.15) is 0 Å². The Morgan fingerprint density at radius 2 is 1.95 bits per heavy atom. The minimum atomic E-state index is -3.07. The maximum absolute atomic E-state index is 12.5. The average Bonchev–Trinajstić information content (AvgIpc) is 2.45. The highest BCUT2D eigenvalue weighted by molar-refractivity contribution is 7.89. The molecule has 0 radical (unpaired) electrons. The number of carbonyl (C=O) groups is 1. The van der Waals surface area contributed by atoms with E-state index >= 15 is 0 Å². The van der Waals surface area contributed by atoms with Crippen LogP contribution in [0.3, 0.4) is 0 Å². The van der Waals surface area contributed by atoms with Crippen molar-refractivity contribution >= 4 is 15.7 Å². The number of hydrogen-bond donors (Lipinski definition) is 1. The normalized spacial score (nSPS) is 19.5. The highest BCUT2D eigenvalue weighted by atomic mass is 32.2. The van der Waals surface area contributed by atoms with Crippen LogP contribution in [0, 0.1) is 0 Å². The lowest BCUT2D eigenvalue weighted by Gasteiger charge is -2.34. The number of aliphatic hydroxyl groups is 1. The average molecular weight is 311 g/mol. The second kappa shape index (κ2) is 6.58. The molecule has 6 heteroatoms. The summed E-state index contributed by atoms with van der Waals surface area (Å²) in [5.74, 6) is -0.121. The Morgan fingerprint density at radius 3 is 2.52 bits per heavy atom. The topological polar surface area (TPSA) is 74.7 Å². The lowest BCUT2D eigenvalue weighted by atomic mass is 10.0. The lowest BCUT2D eigenvalue weighted by Crippen LogP contribution is -2.45. The van der Waals surface area contributed by atoms with Crippen LogP contribution >= 0.6 is 0 Å². The van der Waals surface area contributed by atoms with E-state index in [1.54, 1.807) is 29.2 Å². The van der Waals surface area contributed by atoms with E-state index in [-0.39, 0.29) is 24.3 Å². The summed E-state index contributed by atoms with van der Waals surface area (Å²) in [6.45, 7) is 0.646. The van der Waals surface area contributed by atoms with Crippen molar-refractivity contribution in [2.45, 2.75) is 31.1 Å². The molecule has 116 valence electrons. The molecular formula is C15H21NO4S. The molecule has 0 aliphatic carbocycles. The van der Waals surface area contributed by atoms with Crippen molar-refractivity contribution in [1.29, 1.82) is 0 Å². The Labute approximate surface area is 125 Å². The van der Waals surface area contributed by atoms with Gasteiger partial charge in [0, 0.05) is 18.4 Å². The third-order valence-electron chi connectivity index (χ3n) is 3.73. The second-order valence-electron chi connectivity index (χ2n) is 5.60. The molecule has 1 N–H and O–H groups in total. The fourth-order valence-electron chi connectivity index (χ4n) is 2.67. The summed E-state index contributed by atoms with van der Waals surface area (Å²) in [4.78, 5) is 14.2. The molecule has 1 aromatic rings. The highest BCUT2D eigenvalue weighted by Crippen LogP contribution is 2.20. The number of piperidine rings is 1. The van der Waals surface area contributed by atoms with E-state index in [4.69, 9.17) is 0 Å². The van der Waals surface area contributed by atoms with Gasteiger partial charge in [0.15, 0.2) is 9.84 Å². The van der Waals surface area contributed by atoms with E-state index < -0.39 is 9.84 Å². The summed E-state index contributed by atoms with van der Waals surface area (Å²) in [6.07, 6.45) is 4.00. The highest BCUT2D eigenvalue weighted by Gasteiger charge is 2.26. The predicted molar refractivity (Wildman–Crippen MR) is 80.8 cm³/mol. The van der Waals surface area contributed by atoms with Crippen molar-refractivity contribution in [2.24, 2.45) is 0 Å². The van der Waals surface area contributed by atoms with Crippen LogP contribution in [0.2, 0.25) is 0 Å². The molecule has 1 heterocycles. The molecule has 0 saturated carbocycles. The number of benzene rings is 1. The Kier molecular flexibility index (Phi) is 5.00. The van der Waals surface area contributed by atoms with Crippen LogP contribution < -0.4 is 0 Å². The van der Waals surface area contributed by atoms with Crippen LogP contribution in [0.25, 0.3) is 0 Å². The van der Waals surface area contributed by atoms with Crippen LogP contribution in [-0.4, -0.2) is 49.8 Å². The molecule has 2 rings (SSSR count). The third-order valence-corrected chi connectivity index (χ3v) is 4.59. The first-order valence-corrected chi connectivity index (χ1v) is 9.15. The van der Waals surface area contributed by atoms with Gasteiger partial charge in [0.05, 0.1) is 18.4 Å². The molecule has 1 amide bonds. The molecule has 0 spiro atoms. The van der Waals surface area contributed by atoms with Crippen LogP contribution in [0.4, 0.5) is 0 Å². The largest absolute Gasteiger partial charge is 0.394 e. The van der Waals surface area contributed by atoms with Gasteiger partial charge in [-0.3, -0.25) is 4.79 Å². The van der Waals surface area contributed by atoms with Crippen molar-refractivity contribution < 1.29 is 18.3 Å². The molecule has 1 unspecified atom stereocenters. The van der Waals surface area contributed by atoms with Gasteiger partial charge in [-0.05, 0) is 37.0 Å². The molecule has 1 aliphatic rings. The summed E-state index contributed by atoms with van der Waals surface area (Å²) in [5.41, 5.74) is 1.21. The van der Waals surface area contributed by atoms with Crippen molar-refractivity contribution in [2.75, 3.05) is 19.4 Å². The fraction of sp³-hybridized carbons (Fsp3) is 0.533. The summed E-state index contributed by atoms with van der Waals surface area (Å²) < 4.78 is 22.5. The standard InChI is InChI=1S/C15H21NO4S/c1-21(19,20)11-12-5-7-13(8-6-12)15(18)16-9-3-2-4-14(16)10-17/h5-8,14,17H,2-4,9-11H2,1H3. The first kappa shape index (κ1) is 16.0. The Balaban J connectivity index is 2.12. The second-order valence-corrected chi connectivity index (χ2v) is 7.74. The van der Waals surface area contributed by atoms with Crippen molar-refractivity contribution in [3.8, 4) is 0 Å². The zero-order valence-electron chi connectivity index (χ0n) is 12.2. The zero-order chi connectivity index (χ0) is 15.5. The fourth-order valence-corrected chi connectivity index (χ4v) is 3.47. The van der Waals surface area contributed by atoms with Crippen LogP contribution in [0.5, 0.6) is 0 Å². The molecular weight excluding hydrogens is 290 g/mol. The number of carbonyl (C=O) groups excluding carboxylic acids is 1. The minimum Gasteiger partial charge on any atom is -0.394 e. The number of sulfone groups is 1. The molecule has 1 atom stereocenters. The predicted octanol–water partition coefficient (Wildman–Crippen LogP) is 1.22. The molecule has 5 nitrogen and oxygen atoms in total. The van der Waals surface area contributed by atoms with E-state index in [9.17, 15) is 18.3 Å². The molecule has 21 heavy (non-hydrogen) atoms. The number of amides is 1. The van der Waals surface area contributed by atoms with Gasteiger partial charge >= 0.3 is 0 Å². The first-order chi connectivity index (χ1) is 9.90. The van der Waals surface area contributed by atoms with E-state index in [0.29, 0.717) is 17.7 Å². The van der Waals surface area contributed by atoms with Gasteiger partial charge in [0.2, 0.25) is 0 Å². The van der Waals surface area contributed by atoms with Gasteiger partial charge in [0.25, 0.3) is 5.91 Å². The Hall–Kier alpha value is -1.40. The quantitative estimate of drug-likeness (QED) is 0.907. The van der Waals surface area contributed by atoms with Crippen molar-refractivity contribution in [3.05, 3.63) is 35.4 Å². The number of likely N-dealkylation sites (tertiary alicyclic amines) is 1. The van der Waals surface area contributed by atoms with E-state index in [0.717, 1.165) is 19.3 Å². The van der Waals surface area contributed by atoms with Gasteiger partial charge < -0.3 is 10.0 Å². The monoisotopic (exact) mass is 311 g/mol. The molecule has 1 aromatic carbocycles. The summed E-state index contributed by atoms with van der Waals surface area (Å²) in [7, 11) is -3.07. The molecule has 0 bridgehead atoms. The van der Waals surface area contributed by atoms with E-state index in [1.165, 1.54) is 6.26 Å². The maximum atomic E-state index is 12.5. The van der Waals surface area contributed by atoms with Gasteiger partial charge in [-0.2, -0.15) is 0 Å². The first-order valence-electron chi connectivity index (χ1n) is 7.09. The number of nitrogens with zero attached hydrogens (tertiary/aromatic N) is 1. The van der Waals surface area contributed by atoms with Crippen molar-refractivity contribution in [3.63, 3.8) is 0 Å². The van der Waals surface area contributed by atoms with E-state index in [2.05, 4.69) is 0 Å². The molecule has 1 saturated heterocycles. The zero-order valence-corrected chi connectivity index (χ0v) is 13.0. The van der Waals surface area contributed by atoms with Gasteiger partial charge in [-0.25, -0.2) is 8.42 Å². The van der Waals surface area contributed by atoms with Crippen LogP contribution in [-0.2, 0) is 15.6 Å². The summed E-state index contributed by atoms with van der Waals surface area (Å²) in [6, 6.07) is 6.55. The number of rotatable bonds is 4. The minimum absolute atomic E-state index is 0.0160. The van der Waals surface area contributed by atoms with Gasteiger partial charge in [-0.15, -0.1) is 0 Å². The van der Waals surface area contributed by atoms with Crippen LogP contribution in [0.15, 0.2) is 24.3 Å². The molecule has 1 fully saturated rings. The Bertz CT molecular complexity index is 595. The summed E-state index contributed by atoms with van der Waals surface area (Å²) in [5, 5.41) is 9.37. The maximum Gasteiger partial charge on any atom is 0.254 e. The lowest BCUT2D eigenvalue weighted by molar-refractivity contribution is 0.0503.